The van der Waals surface area contributed by atoms with Crippen molar-refractivity contribution >= 4 is 17.8 Å². The number of cyclic esters (lactones) is 1. The first-order valence-corrected chi connectivity index (χ1v) is 11.8. The smallest absolute Gasteiger partial charge is 0.329 e. The van der Waals surface area contributed by atoms with Gasteiger partial charge in [0.2, 0.25) is 5.75 Å². The van der Waals surface area contributed by atoms with Gasteiger partial charge in [0, 0.05) is 19.2 Å². The van der Waals surface area contributed by atoms with Gasteiger partial charge in [0.25, 0.3) is 5.91 Å². The van der Waals surface area contributed by atoms with Crippen LogP contribution >= 0.6 is 0 Å². The van der Waals surface area contributed by atoms with Gasteiger partial charge in [-0.1, -0.05) is 31.5 Å². The number of pyridine rings is 1. The van der Waals surface area contributed by atoms with Crippen LogP contribution in [0, 0.1) is 5.92 Å². The van der Waals surface area contributed by atoms with Crippen LogP contribution in [0.1, 0.15) is 56.9 Å². The van der Waals surface area contributed by atoms with E-state index in [4.69, 9.17) is 18.9 Å². The van der Waals surface area contributed by atoms with Crippen LogP contribution in [0.3, 0.4) is 0 Å². The minimum atomic E-state index is -0.892. The van der Waals surface area contributed by atoms with Gasteiger partial charge < -0.3 is 24.3 Å². The lowest BCUT2D eigenvalue weighted by molar-refractivity contribution is -0.156. The molecule has 0 aliphatic carbocycles. The van der Waals surface area contributed by atoms with Crippen molar-refractivity contribution in [2.45, 2.75) is 64.7 Å². The fraction of sp³-hybridized carbons (Fsp3) is 0.462. The number of nitrogens with zero attached hydrogens (tertiary/aromatic N) is 1. The Bertz CT molecular complexity index is 1030. The molecule has 1 amide bonds. The van der Waals surface area contributed by atoms with E-state index in [1.807, 2.05) is 30.3 Å². The maximum Gasteiger partial charge on any atom is 0.329 e. The maximum absolute atomic E-state index is 13.1. The number of para-hydroxylation sites is 1. The Balaban J connectivity index is 1.78. The monoisotopic (exact) mass is 484 g/mol. The summed E-state index contributed by atoms with van der Waals surface area (Å²) in [4.78, 5) is 41.7. The second-order valence-corrected chi connectivity index (χ2v) is 8.45. The first kappa shape index (κ1) is 26.0. The van der Waals surface area contributed by atoms with Crippen molar-refractivity contribution in [1.82, 2.24) is 10.3 Å². The van der Waals surface area contributed by atoms with Crippen molar-refractivity contribution in [3.8, 4) is 17.2 Å². The third kappa shape index (κ3) is 6.71. The van der Waals surface area contributed by atoms with E-state index in [0.717, 1.165) is 12.8 Å². The molecular formula is C26H32N2O7. The molecule has 2 heterocycles. The summed E-state index contributed by atoms with van der Waals surface area (Å²) in [5.41, 5.74) is -0.156. The molecule has 9 heteroatoms. The van der Waals surface area contributed by atoms with Crippen molar-refractivity contribution < 1.29 is 33.3 Å². The fourth-order valence-corrected chi connectivity index (χ4v) is 4.22. The minimum Gasteiger partial charge on any atom is -0.493 e. The van der Waals surface area contributed by atoms with Gasteiger partial charge >= 0.3 is 11.9 Å². The van der Waals surface area contributed by atoms with Crippen LogP contribution in [-0.4, -0.2) is 48.2 Å². The SMILES string of the molecule is CCC1CCCC(NC(=O)c2nccc(OC)c2OC(C)=O)C(=O)OC(C)C1Oc1ccccc1. The molecule has 0 radical (unpaired) electrons. The number of amides is 1. The Hall–Kier alpha value is -3.62. The Morgan fingerprint density at radius 1 is 1.17 bits per heavy atom. The zero-order valence-corrected chi connectivity index (χ0v) is 20.5. The largest absolute Gasteiger partial charge is 0.493 e. The van der Waals surface area contributed by atoms with Crippen LogP contribution in [0.5, 0.6) is 17.2 Å². The van der Waals surface area contributed by atoms with Gasteiger partial charge in [-0.2, -0.15) is 0 Å². The third-order valence-electron chi connectivity index (χ3n) is 5.98. The Morgan fingerprint density at radius 2 is 1.91 bits per heavy atom. The van der Waals surface area contributed by atoms with Gasteiger partial charge in [-0.25, -0.2) is 9.78 Å². The second-order valence-electron chi connectivity index (χ2n) is 8.45. The van der Waals surface area contributed by atoms with Gasteiger partial charge in [-0.05, 0) is 44.2 Å². The molecule has 1 aliphatic rings. The molecule has 4 atom stereocenters. The van der Waals surface area contributed by atoms with E-state index >= 15 is 0 Å². The number of benzene rings is 1. The van der Waals surface area contributed by atoms with Gasteiger partial charge in [-0.3, -0.25) is 9.59 Å². The number of ether oxygens (including phenoxy) is 4. The van der Waals surface area contributed by atoms with E-state index in [9.17, 15) is 14.4 Å². The maximum atomic E-state index is 13.1. The summed E-state index contributed by atoms with van der Waals surface area (Å²) in [6.07, 6.45) is 3.24. The van der Waals surface area contributed by atoms with E-state index in [0.29, 0.717) is 18.6 Å². The lowest BCUT2D eigenvalue weighted by atomic mass is 9.90. The number of nitrogens with one attached hydrogen (secondary N) is 1. The van der Waals surface area contributed by atoms with Crippen molar-refractivity contribution in [3.63, 3.8) is 0 Å². The average molecular weight is 485 g/mol. The molecule has 2 aromatic rings. The summed E-state index contributed by atoms with van der Waals surface area (Å²) in [7, 11) is 1.39. The summed E-state index contributed by atoms with van der Waals surface area (Å²) in [5, 5.41) is 2.70. The molecule has 1 fully saturated rings. The number of esters is 2. The summed E-state index contributed by atoms with van der Waals surface area (Å²) in [6, 6.07) is 10.0. The Labute approximate surface area is 205 Å². The molecule has 4 unspecified atom stereocenters. The van der Waals surface area contributed by atoms with Crippen LogP contribution in [0.2, 0.25) is 0 Å². The molecule has 9 nitrogen and oxygen atoms in total. The molecule has 0 bridgehead atoms. The van der Waals surface area contributed by atoms with Crippen molar-refractivity contribution in [3.05, 3.63) is 48.3 Å². The van der Waals surface area contributed by atoms with Crippen molar-refractivity contribution in [2.24, 2.45) is 5.92 Å². The number of carbonyl (C=O) groups is 3. The molecule has 0 saturated carbocycles. The molecule has 1 saturated heterocycles. The van der Waals surface area contributed by atoms with Gasteiger partial charge in [0.15, 0.2) is 11.4 Å². The molecule has 0 spiro atoms. The highest BCUT2D eigenvalue weighted by molar-refractivity contribution is 5.98. The van der Waals surface area contributed by atoms with E-state index in [1.165, 1.54) is 26.3 Å². The quantitative estimate of drug-likeness (QED) is 0.592. The number of methoxy groups -OCH3 is 1. The topological polar surface area (TPSA) is 113 Å². The van der Waals surface area contributed by atoms with Crippen LogP contribution in [0.25, 0.3) is 0 Å². The lowest BCUT2D eigenvalue weighted by Gasteiger charge is -2.31. The number of carbonyl (C=O) groups excluding carboxylic acids is 3. The molecule has 1 aromatic carbocycles. The molecule has 1 N–H and O–H groups in total. The summed E-state index contributed by atoms with van der Waals surface area (Å²) >= 11 is 0. The second kappa shape index (κ2) is 12.2. The van der Waals surface area contributed by atoms with Crippen LogP contribution < -0.4 is 19.5 Å². The first-order chi connectivity index (χ1) is 16.8. The standard InChI is InChI=1S/C26H32N2O7/c1-5-18-10-9-13-20(26(31)33-16(2)23(18)35-19-11-7-6-8-12-19)28-25(30)22-24(34-17(3)29)21(32-4)14-15-27-22/h6-8,11-12,14-16,18,20,23H,5,9-10,13H2,1-4H3,(H,28,30). The first-order valence-electron chi connectivity index (χ1n) is 11.8. The summed E-state index contributed by atoms with van der Waals surface area (Å²) in [6.45, 7) is 5.10. The summed E-state index contributed by atoms with van der Waals surface area (Å²) < 4.78 is 22.4. The zero-order valence-electron chi connectivity index (χ0n) is 20.5. The van der Waals surface area contributed by atoms with E-state index < -0.39 is 30.0 Å². The molecule has 188 valence electrons. The van der Waals surface area contributed by atoms with Gasteiger partial charge in [0.05, 0.1) is 7.11 Å². The highest BCUT2D eigenvalue weighted by Gasteiger charge is 2.35. The molecule has 1 aliphatic heterocycles. The highest BCUT2D eigenvalue weighted by atomic mass is 16.6. The van der Waals surface area contributed by atoms with Crippen molar-refractivity contribution in [2.75, 3.05) is 7.11 Å². The Morgan fingerprint density at radius 3 is 2.57 bits per heavy atom. The minimum absolute atomic E-state index is 0.104. The zero-order chi connectivity index (χ0) is 25.4. The van der Waals surface area contributed by atoms with E-state index in [-0.39, 0.29) is 29.2 Å². The van der Waals surface area contributed by atoms with E-state index in [1.54, 1.807) is 6.92 Å². The predicted octanol–water partition coefficient (Wildman–Crippen LogP) is 3.70. The number of aromatic nitrogens is 1. The van der Waals surface area contributed by atoms with E-state index in [2.05, 4.69) is 17.2 Å². The molecule has 3 rings (SSSR count). The summed E-state index contributed by atoms with van der Waals surface area (Å²) in [5.74, 6) is -0.895. The Kier molecular flexibility index (Phi) is 9.05. The highest BCUT2D eigenvalue weighted by Crippen LogP contribution is 2.31. The molecule has 1 aromatic heterocycles. The van der Waals surface area contributed by atoms with Crippen LogP contribution in [-0.2, 0) is 14.3 Å². The predicted molar refractivity (Wildman–Crippen MR) is 127 cm³/mol. The average Bonchev–Trinajstić information content (AvgIpc) is 2.89. The normalized spacial score (nSPS) is 22.6. The third-order valence-corrected chi connectivity index (χ3v) is 5.98. The molecular weight excluding hydrogens is 452 g/mol. The van der Waals surface area contributed by atoms with Gasteiger partial charge in [0.1, 0.15) is 24.0 Å². The number of rotatable bonds is 7. The van der Waals surface area contributed by atoms with Crippen LogP contribution in [0.4, 0.5) is 0 Å². The number of hydrogen-bond donors (Lipinski definition) is 1. The lowest BCUT2D eigenvalue weighted by Crippen LogP contribution is -2.45. The molecule has 35 heavy (non-hydrogen) atoms. The van der Waals surface area contributed by atoms with Crippen molar-refractivity contribution in [1.29, 1.82) is 0 Å². The van der Waals surface area contributed by atoms with Crippen LogP contribution in [0.15, 0.2) is 42.6 Å². The fourth-order valence-electron chi connectivity index (χ4n) is 4.22. The van der Waals surface area contributed by atoms with Gasteiger partial charge in [-0.15, -0.1) is 0 Å². The number of hydrogen-bond acceptors (Lipinski definition) is 8.